The first-order valence-corrected chi connectivity index (χ1v) is 8.76. The molecule has 5 nitrogen and oxygen atoms in total. The van der Waals surface area contributed by atoms with Crippen LogP contribution in [-0.2, 0) is 6.18 Å². The van der Waals surface area contributed by atoms with Gasteiger partial charge < -0.3 is 5.32 Å². The molecule has 1 N–H and O–H groups in total. The maximum Gasteiger partial charge on any atom is 0.451 e. The molecule has 148 valence electrons. The average Bonchev–Trinajstić information content (AvgIpc) is 2.99. The van der Waals surface area contributed by atoms with Crippen LogP contribution < -0.4 is 5.32 Å². The van der Waals surface area contributed by atoms with Gasteiger partial charge in [0.05, 0.1) is 11.1 Å². The van der Waals surface area contributed by atoms with E-state index in [0.717, 1.165) is 6.20 Å². The molecule has 0 unspecified atom stereocenters. The highest BCUT2D eigenvalue weighted by Gasteiger charge is 2.38. The SMILES string of the molecule is O=C1c2cnc3ccc(Nc4cccc(F)c4)cc3c2-c2cnc(C(F)(F)F)nc21. The number of carbonyl (C=O) groups is 1. The second-order valence-corrected chi connectivity index (χ2v) is 6.70. The topological polar surface area (TPSA) is 67.8 Å². The summed E-state index contributed by atoms with van der Waals surface area (Å²) in [4.78, 5) is 23.8. The smallest absolute Gasteiger partial charge is 0.355 e. The summed E-state index contributed by atoms with van der Waals surface area (Å²) < 4.78 is 52.4. The number of alkyl halides is 3. The van der Waals surface area contributed by atoms with Crippen molar-refractivity contribution in [1.82, 2.24) is 15.0 Å². The van der Waals surface area contributed by atoms with Crippen LogP contribution in [0.15, 0.2) is 54.9 Å². The van der Waals surface area contributed by atoms with E-state index in [0.29, 0.717) is 27.8 Å². The van der Waals surface area contributed by atoms with Gasteiger partial charge in [-0.15, -0.1) is 0 Å². The van der Waals surface area contributed by atoms with Gasteiger partial charge in [0.2, 0.25) is 11.6 Å². The fourth-order valence-corrected chi connectivity index (χ4v) is 3.47. The van der Waals surface area contributed by atoms with Crippen LogP contribution in [0.3, 0.4) is 0 Å². The van der Waals surface area contributed by atoms with Gasteiger partial charge in [0.1, 0.15) is 11.5 Å². The van der Waals surface area contributed by atoms with Crippen molar-refractivity contribution in [3.05, 3.63) is 77.8 Å². The van der Waals surface area contributed by atoms with Crippen molar-refractivity contribution >= 4 is 28.1 Å². The molecule has 1 aliphatic rings. The van der Waals surface area contributed by atoms with E-state index in [9.17, 15) is 22.4 Å². The Kier molecular flexibility index (Phi) is 3.82. The molecule has 0 bridgehead atoms. The van der Waals surface area contributed by atoms with Crippen molar-refractivity contribution in [2.75, 3.05) is 5.32 Å². The Labute approximate surface area is 166 Å². The van der Waals surface area contributed by atoms with Crippen LogP contribution in [0.5, 0.6) is 0 Å². The van der Waals surface area contributed by atoms with Crippen LogP contribution in [0.2, 0.25) is 0 Å². The van der Waals surface area contributed by atoms with E-state index >= 15 is 0 Å². The van der Waals surface area contributed by atoms with Gasteiger partial charge in [-0.25, -0.2) is 14.4 Å². The van der Waals surface area contributed by atoms with Gasteiger partial charge in [0.25, 0.3) is 0 Å². The third-order valence-corrected chi connectivity index (χ3v) is 4.75. The lowest BCUT2D eigenvalue weighted by molar-refractivity contribution is -0.145. The van der Waals surface area contributed by atoms with Crippen molar-refractivity contribution in [3.8, 4) is 11.1 Å². The highest BCUT2D eigenvalue weighted by Crippen LogP contribution is 2.41. The van der Waals surface area contributed by atoms with Crippen molar-refractivity contribution in [2.24, 2.45) is 0 Å². The molecule has 2 aromatic heterocycles. The molecule has 9 heteroatoms. The summed E-state index contributed by atoms with van der Waals surface area (Å²) in [6.07, 6.45) is -2.41. The fraction of sp³-hybridized carbons (Fsp3) is 0.0476. The van der Waals surface area contributed by atoms with Crippen molar-refractivity contribution in [1.29, 1.82) is 0 Å². The van der Waals surface area contributed by atoms with E-state index < -0.39 is 23.6 Å². The molecule has 5 rings (SSSR count). The van der Waals surface area contributed by atoms with Gasteiger partial charge in [-0.3, -0.25) is 9.78 Å². The number of ketones is 1. The summed E-state index contributed by atoms with van der Waals surface area (Å²) in [7, 11) is 0. The summed E-state index contributed by atoms with van der Waals surface area (Å²) >= 11 is 0. The number of aromatic nitrogens is 3. The van der Waals surface area contributed by atoms with Crippen LogP contribution in [0.1, 0.15) is 21.9 Å². The molecule has 0 spiro atoms. The highest BCUT2D eigenvalue weighted by atomic mass is 19.4. The minimum Gasteiger partial charge on any atom is -0.355 e. The number of halogens is 4. The molecule has 0 atom stereocenters. The Morgan fingerprint density at radius 2 is 1.67 bits per heavy atom. The van der Waals surface area contributed by atoms with Gasteiger partial charge >= 0.3 is 6.18 Å². The molecular formula is C21H10F4N4O. The number of fused-ring (bicyclic) bond motifs is 5. The van der Waals surface area contributed by atoms with E-state index in [1.165, 1.54) is 18.3 Å². The molecule has 0 saturated heterocycles. The molecule has 0 aliphatic heterocycles. The standard InChI is InChI=1S/C21H10F4N4O/c22-10-2-1-3-11(6-10)28-12-4-5-16-13(7-12)17-14-8-27-20(21(23,24)25)29-18(14)19(30)15(17)9-26-16/h1-9,28H. The third-order valence-electron chi connectivity index (χ3n) is 4.75. The summed E-state index contributed by atoms with van der Waals surface area (Å²) in [5, 5.41) is 3.61. The van der Waals surface area contributed by atoms with Crippen LogP contribution in [0.25, 0.3) is 22.0 Å². The predicted octanol–water partition coefficient (Wildman–Crippen LogP) is 5.14. The van der Waals surface area contributed by atoms with E-state index in [1.54, 1.807) is 30.3 Å². The Morgan fingerprint density at radius 1 is 0.900 bits per heavy atom. The molecule has 0 radical (unpaired) electrons. The van der Waals surface area contributed by atoms with Gasteiger partial charge in [-0.2, -0.15) is 13.2 Å². The normalized spacial score (nSPS) is 12.7. The van der Waals surface area contributed by atoms with Crippen LogP contribution in [-0.4, -0.2) is 20.7 Å². The maximum absolute atomic E-state index is 13.4. The average molecular weight is 410 g/mol. The molecule has 2 heterocycles. The van der Waals surface area contributed by atoms with Gasteiger partial charge in [-0.1, -0.05) is 6.07 Å². The number of nitrogens with zero attached hydrogens (tertiary/aromatic N) is 3. The van der Waals surface area contributed by atoms with Crippen molar-refractivity contribution in [3.63, 3.8) is 0 Å². The van der Waals surface area contributed by atoms with Crippen LogP contribution in [0.4, 0.5) is 28.9 Å². The summed E-state index contributed by atoms with van der Waals surface area (Å²) in [6.45, 7) is 0. The van der Waals surface area contributed by atoms with Gasteiger partial charge in [-0.05, 0) is 36.4 Å². The molecule has 0 saturated carbocycles. The minimum absolute atomic E-state index is 0.161. The zero-order chi connectivity index (χ0) is 21.0. The van der Waals surface area contributed by atoms with E-state index in [2.05, 4.69) is 20.3 Å². The molecular weight excluding hydrogens is 400 g/mol. The zero-order valence-corrected chi connectivity index (χ0v) is 15.0. The molecule has 4 aromatic rings. The Balaban J connectivity index is 1.66. The molecule has 2 aromatic carbocycles. The summed E-state index contributed by atoms with van der Waals surface area (Å²) in [6, 6.07) is 11.0. The number of hydrogen-bond donors (Lipinski definition) is 1. The first kappa shape index (κ1) is 18.2. The first-order valence-electron chi connectivity index (χ1n) is 8.76. The lowest BCUT2D eigenvalue weighted by atomic mass is 10.0. The number of hydrogen-bond acceptors (Lipinski definition) is 5. The minimum atomic E-state index is -4.76. The number of anilines is 2. The molecule has 1 aliphatic carbocycles. The summed E-state index contributed by atoms with van der Waals surface area (Å²) in [5.41, 5.74) is 2.16. The maximum atomic E-state index is 13.4. The van der Waals surface area contributed by atoms with Crippen LogP contribution in [0, 0.1) is 5.82 Å². The van der Waals surface area contributed by atoms with Gasteiger partial charge in [0, 0.05) is 40.3 Å². The number of nitrogens with one attached hydrogen (secondary N) is 1. The Bertz CT molecular complexity index is 1350. The van der Waals surface area contributed by atoms with Crippen molar-refractivity contribution in [2.45, 2.75) is 6.18 Å². The van der Waals surface area contributed by atoms with E-state index in [1.807, 2.05) is 0 Å². The van der Waals surface area contributed by atoms with Crippen molar-refractivity contribution < 1.29 is 22.4 Å². The summed E-state index contributed by atoms with van der Waals surface area (Å²) in [5.74, 6) is -2.40. The lowest BCUT2D eigenvalue weighted by Gasteiger charge is -2.10. The highest BCUT2D eigenvalue weighted by molar-refractivity contribution is 6.24. The number of benzene rings is 2. The molecule has 30 heavy (non-hydrogen) atoms. The predicted molar refractivity (Wildman–Crippen MR) is 101 cm³/mol. The second-order valence-electron chi connectivity index (χ2n) is 6.70. The first-order chi connectivity index (χ1) is 14.3. The Morgan fingerprint density at radius 3 is 2.43 bits per heavy atom. The van der Waals surface area contributed by atoms with E-state index in [4.69, 9.17) is 0 Å². The quantitative estimate of drug-likeness (QED) is 0.408. The number of pyridine rings is 1. The fourth-order valence-electron chi connectivity index (χ4n) is 3.47. The molecule has 0 fully saturated rings. The van der Waals surface area contributed by atoms with E-state index in [-0.39, 0.29) is 16.8 Å². The second kappa shape index (κ2) is 6.31. The number of carbonyl (C=O) groups excluding carboxylic acids is 1. The van der Waals surface area contributed by atoms with Crippen LogP contribution >= 0.6 is 0 Å². The number of rotatable bonds is 2. The zero-order valence-electron chi connectivity index (χ0n) is 15.0. The van der Waals surface area contributed by atoms with Gasteiger partial charge in [0.15, 0.2) is 0 Å². The molecule has 0 amide bonds. The largest absolute Gasteiger partial charge is 0.451 e. The Hall–Kier alpha value is -3.88. The third kappa shape index (κ3) is 2.86. The monoisotopic (exact) mass is 410 g/mol. The lowest BCUT2D eigenvalue weighted by Crippen LogP contribution is -2.13.